The maximum atomic E-state index is 15.5. The Bertz CT molecular complexity index is 2020. The molecule has 4 aromatic rings. The first-order chi connectivity index (χ1) is 23.5. The molecule has 0 bridgehead atoms. The standard InChI is InChI=1S/C34H31F3N6O5S/c1-48-23-13-11-21(12-14-23)20-43-25-10-6-5-9-24(25)29(22-7-3-2-4-8-22)40-33(34(43)45)39-26(44)19-38-32-28(36)30(27(35)31(37)41-32)42-15-17-49(46,47)18-16-42/h2-14,33H,15-20H2,1H3,(H,38,41)(H,39,44)/t33-/m0/s1. The minimum Gasteiger partial charge on any atom is -0.497 e. The molecule has 0 saturated carbocycles. The zero-order chi connectivity index (χ0) is 34.7. The lowest BCUT2D eigenvalue weighted by Crippen LogP contribution is -2.48. The van der Waals surface area contributed by atoms with Gasteiger partial charge in [-0.25, -0.2) is 17.8 Å². The molecule has 1 saturated heterocycles. The molecule has 0 unspecified atom stereocenters. The Morgan fingerprint density at radius 2 is 1.61 bits per heavy atom. The fraction of sp³-hybridized carbons (Fsp3) is 0.235. The van der Waals surface area contributed by atoms with Gasteiger partial charge in [0.25, 0.3) is 11.9 Å². The first-order valence-electron chi connectivity index (χ1n) is 15.2. The van der Waals surface area contributed by atoms with E-state index in [1.807, 2.05) is 54.6 Å². The molecule has 6 rings (SSSR count). The minimum atomic E-state index is -3.39. The number of para-hydroxylation sites is 1. The van der Waals surface area contributed by atoms with Crippen molar-refractivity contribution in [3.63, 3.8) is 0 Å². The van der Waals surface area contributed by atoms with Crippen molar-refractivity contribution in [2.45, 2.75) is 12.7 Å². The van der Waals surface area contributed by atoms with E-state index in [1.165, 1.54) is 4.90 Å². The van der Waals surface area contributed by atoms with E-state index in [1.54, 1.807) is 31.4 Å². The van der Waals surface area contributed by atoms with E-state index in [-0.39, 0.29) is 31.1 Å². The molecule has 2 N–H and O–H groups in total. The number of benzene rings is 3. The summed E-state index contributed by atoms with van der Waals surface area (Å²) < 4.78 is 73.6. The van der Waals surface area contributed by atoms with Crippen molar-refractivity contribution in [1.29, 1.82) is 0 Å². The molecule has 3 heterocycles. The number of benzodiazepines with no additional fused rings is 1. The number of pyridine rings is 1. The molecule has 49 heavy (non-hydrogen) atoms. The molecule has 1 aromatic heterocycles. The van der Waals surface area contributed by atoms with Gasteiger partial charge in [-0.1, -0.05) is 60.7 Å². The molecule has 0 aliphatic carbocycles. The number of aliphatic imine (C=N–C) groups is 1. The number of ether oxygens (including phenoxy) is 1. The molecule has 15 heteroatoms. The second kappa shape index (κ2) is 14.0. The summed E-state index contributed by atoms with van der Waals surface area (Å²) in [7, 11) is -1.84. The van der Waals surface area contributed by atoms with E-state index in [0.29, 0.717) is 28.3 Å². The number of amides is 2. The highest BCUT2D eigenvalue weighted by molar-refractivity contribution is 7.91. The van der Waals surface area contributed by atoms with Crippen LogP contribution in [0.3, 0.4) is 0 Å². The number of fused-ring (bicyclic) bond motifs is 1. The fourth-order valence-electron chi connectivity index (χ4n) is 5.63. The first kappa shape index (κ1) is 33.5. The molecular formula is C34H31F3N6O5S. The monoisotopic (exact) mass is 692 g/mol. The molecule has 0 radical (unpaired) electrons. The molecule has 1 fully saturated rings. The van der Waals surface area contributed by atoms with Crippen LogP contribution in [0.25, 0.3) is 0 Å². The van der Waals surface area contributed by atoms with Gasteiger partial charge in [-0.2, -0.15) is 13.8 Å². The van der Waals surface area contributed by atoms with E-state index in [0.717, 1.165) is 10.5 Å². The van der Waals surface area contributed by atoms with Gasteiger partial charge in [0.05, 0.1) is 43.1 Å². The lowest BCUT2D eigenvalue weighted by Gasteiger charge is -2.29. The number of aromatic nitrogens is 1. The van der Waals surface area contributed by atoms with E-state index in [4.69, 9.17) is 9.73 Å². The molecule has 11 nitrogen and oxygen atoms in total. The summed E-state index contributed by atoms with van der Waals surface area (Å²) in [5.74, 6) is -6.70. The van der Waals surface area contributed by atoms with Crippen molar-refractivity contribution in [3.05, 3.63) is 113 Å². The molecule has 1 atom stereocenters. The third-order valence-corrected chi connectivity index (χ3v) is 9.75. The molecule has 2 amide bonds. The normalized spacial score (nSPS) is 17.1. The Labute approximate surface area is 280 Å². The predicted octanol–water partition coefficient (Wildman–Crippen LogP) is 3.68. The number of sulfone groups is 1. The fourth-order valence-corrected chi connectivity index (χ4v) is 6.83. The number of anilines is 3. The van der Waals surface area contributed by atoms with Crippen molar-refractivity contribution in [2.24, 2.45) is 4.99 Å². The van der Waals surface area contributed by atoms with Gasteiger partial charge in [0, 0.05) is 24.2 Å². The highest BCUT2D eigenvalue weighted by Crippen LogP contribution is 2.32. The lowest BCUT2D eigenvalue weighted by molar-refractivity contribution is -0.126. The molecule has 2 aliphatic rings. The Kier molecular flexibility index (Phi) is 9.53. The average Bonchev–Trinajstić information content (AvgIpc) is 3.21. The Balaban J connectivity index is 1.28. The summed E-state index contributed by atoms with van der Waals surface area (Å²) in [6, 6.07) is 23.5. The summed E-state index contributed by atoms with van der Waals surface area (Å²) in [6.45, 7) is -1.05. The van der Waals surface area contributed by atoms with E-state index in [9.17, 15) is 26.8 Å². The number of rotatable bonds is 9. The van der Waals surface area contributed by atoms with Crippen LogP contribution in [0.1, 0.15) is 16.7 Å². The van der Waals surface area contributed by atoms with Crippen LogP contribution in [0.5, 0.6) is 5.75 Å². The summed E-state index contributed by atoms with van der Waals surface area (Å²) in [5.41, 5.74) is 2.34. The van der Waals surface area contributed by atoms with Crippen LogP contribution >= 0.6 is 0 Å². The highest BCUT2D eigenvalue weighted by atomic mass is 32.2. The smallest absolute Gasteiger partial charge is 0.272 e. The summed E-state index contributed by atoms with van der Waals surface area (Å²) >= 11 is 0. The maximum Gasteiger partial charge on any atom is 0.272 e. The number of methoxy groups -OCH3 is 1. The minimum absolute atomic E-state index is 0.132. The van der Waals surface area contributed by atoms with Crippen LogP contribution < -0.4 is 25.2 Å². The SMILES string of the molecule is COc1ccc(CN2C(=O)[C@@H](NC(=O)CNc3nc(F)c(F)c(N4CCS(=O)(=O)CC4)c3F)N=C(c3ccccc3)c3ccccc32)cc1. The number of hydrogen-bond acceptors (Lipinski definition) is 9. The van der Waals surface area contributed by atoms with Gasteiger partial charge in [0.15, 0.2) is 21.5 Å². The molecule has 3 aromatic carbocycles. The average molecular weight is 693 g/mol. The zero-order valence-corrected chi connectivity index (χ0v) is 27.0. The van der Waals surface area contributed by atoms with Crippen molar-refractivity contribution < 1.29 is 35.9 Å². The van der Waals surface area contributed by atoms with Crippen molar-refractivity contribution in [2.75, 3.05) is 53.4 Å². The van der Waals surface area contributed by atoms with Crippen LogP contribution in [0.4, 0.5) is 30.4 Å². The van der Waals surface area contributed by atoms with Gasteiger partial charge in [0.1, 0.15) is 11.4 Å². The van der Waals surface area contributed by atoms with Gasteiger partial charge >= 0.3 is 0 Å². The third kappa shape index (κ3) is 7.21. The first-order valence-corrected chi connectivity index (χ1v) is 17.1. The van der Waals surface area contributed by atoms with Crippen LogP contribution in [-0.4, -0.2) is 75.3 Å². The number of carbonyl (C=O) groups excluding carboxylic acids is 2. The van der Waals surface area contributed by atoms with Crippen molar-refractivity contribution in [1.82, 2.24) is 10.3 Å². The molecule has 254 valence electrons. The van der Waals surface area contributed by atoms with Gasteiger partial charge in [0.2, 0.25) is 17.9 Å². The number of halogens is 3. The lowest BCUT2D eigenvalue weighted by atomic mass is 10.00. The number of nitrogens with one attached hydrogen (secondary N) is 2. The summed E-state index contributed by atoms with van der Waals surface area (Å²) in [4.78, 5) is 38.1. The number of hydrogen-bond donors (Lipinski definition) is 2. The summed E-state index contributed by atoms with van der Waals surface area (Å²) in [6.07, 6.45) is -1.43. The van der Waals surface area contributed by atoms with Crippen molar-refractivity contribution >= 4 is 44.6 Å². The largest absolute Gasteiger partial charge is 0.497 e. The molecular weight excluding hydrogens is 661 g/mol. The summed E-state index contributed by atoms with van der Waals surface area (Å²) in [5, 5.41) is 4.97. The van der Waals surface area contributed by atoms with Crippen LogP contribution in [0.15, 0.2) is 83.9 Å². The zero-order valence-electron chi connectivity index (χ0n) is 26.2. The molecule has 0 spiro atoms. The van der Waals surface area contributed by atoms with Gasteiger partial charge < -0.3 is 25.2 Å². The quantitative estimate of drug-likeness (QED) is 0.254. The van der Waals surface area contributed by atoms with Gasteiger partial charge in [-0.05, 0) is 23.8 Å². The molecule has 2 aliphatic heterocycles. The maximum absolute atomic E-state index is 15.5. The second-order valence-electron chi connectivity index (χ2n) is 11.3. The van der Waals surface area contributed by atoms with E-state index < -0.39 is 63.4 Å². The Hall–Kier alpha value is -5.44. The highest BCUT2D eigenvalue weighted by Gasteiger charge is 2.34. The van der Waals surface area contributed by atoms with Crippen LogP contribution in [0.2, 0.25) is 0 Å². The van der Waals surface area contributed by atoms with E-state index in [2.05, 4.69) is 15.6 Å². The third-order valence-electron chi connectivity index (χ3n) is 8.14. The number of nitrogens with zero attached hydrogens (tertiary/aromatic N) is 4. The van der Waals surface area contributed by atoms with Crippen molar-refractivity contribution in [3.8, 4) is 5.75 Å². The van der Waals surface area contributed by atoms with Crippen LogP contribution in [-0.2, 0) is 26.0 Å². The topological polar surface area (TPSA) is 133 Å². The van der Waals surface area contributed by atoms with Gasteiger partial charge in [-0.15, -0.1) is 0 Å². The second-order valence-corrected chi connectivity index (χ2v) is 13.6. The van der Waals surface area contributed by atoms with Crippen LogP contribution in [0, 0.1) is 17.6 Å². The predicted molar refractivity (Wildman–Crippen MR) is 178 cm³/mol. The Morgan fingerprint density at radius 1 is 0.939 bits per heavy atom. The Morgan fingerprint density at radius 3 is 2.31 bits per heavy atom. The number of carbonyl (C=O) groups is 2. The van der Waals surface area contributed by atoms with E-state index >= 15 is 4.39 Å². The van der Waals surface area contributed by atoms with Gasteiger partial charge in [-0.3, -0.25) is 9.59 Å².